The van der Waals surface area contributed by atoms with Crippen LogP contribution in [0.3, 0.4) is 0 Å². The van der Waals surface area contributed by atoms with Gasteiger partial charge in [-0.2, -0.15) is 18.2 Å². The number of alkyl halides is 3. The van der Waals surface area contributed by atoms with Crippen LogP contribution < -0.4 is 15.5 Å². The first-order valence-electron chi connectivity index (χ1n) is 10.0. The number of nitrogens with zero attached hydrogens (tertiary/aromatic N) is 3. The molecule has 0 unspecified atom stereocenters. The molecular weight excluding hydrogens is 471 g/mol. The van der Waals surface area contributed by atoms with E-state index in [2.05, 4.69) is 20.6 Å². The van der Waals surface area contributed by atoms with E-state index in [1.54, 1.807) is 24.3 Å². The van der Waals surface area contributed by atoms with E-state index in [1.807, 2.05) is 0 Å². The Balaban J connectivity index is 1.64. The fourth-order valence-electron chi connectivity index (χ4n) is 3.58. The lowest BCUT2D eigenvalue weighted by Gasteiger charge is -2.23. The van der Waals surface area contributed by atoms with Crippen LogP contribution in [0.25, 0.3) is 0 Å². The van der Waals surface area contributed by atoms with Gasteiger partial charge in [0.1, 0.15) is 11.4 Å². The average Bonchev–Trinajstić information content (AvgIpc) is 3.12. The van der Waals surface area contributed by atoms with E-state index in [0.717, 1.165) is 11.8 Å². The zero-order valence-corrected chi connectivity index (χ0v) is 19.0. The third-order valence-corrected chi connectivity index (χ3v) is 6.28. The number of carbonyl (C=O) groups excluding carboxylic acids is 1. The fourth-order valence-corrected chi connectivity index (χ4v) is 4.27. The molecule has 178 valence electrons. The number of aromatic nitrogens is 2. The van der Waals surface area contributed by atoms with E-state index in [-0.39, 0.29) is 35.5 Å². The molecule has 1 aliphatic rings. The maximum Gasteiger partial charge on any atom is 0.421 e. The van der Waals surface area contributed by atoms with Gasteiger partial charge in [0.15, 0.2) is 9.84 Å². The number of sulfone groups is 1. The summed E-state index contributed by atoms with van der Waals surface area (Å²) in [7, 11) is -2.03. The minimum Gasteiger partial charge on any atom is -0.355 e. The molecule has 0 saturated carbocycles. The first-order chi connectivity index (χ1) is 15.9. The van der Waals surface area contributed by atoms with Crippen LogP contribution in [-0.2, 0) is 33.8 Å². The summed E-state index contributed by atoms with van der Waals surface area (Å²) in [5, 5.41) is 5.59. The third-order valence-electron chi connectivity index (χ3n) is 5.17. The lowest BCUT2D eigenvalue weighted by atomic mass is 10.1. The predicted octanol–water partition coefficient (Wildman–Crippen LogP) is 3.77. The van der Waals surface area contributed by atoms with Crippen LogP contribution in [0, 0.1) is 0 Å². The van der Waals surface area contributed by atoms with Crippen LogP contribution in [0.2, 0.25) is 0 Å². The van der Waals surface area contributed by atoms with Crippen molar-refractivity contribution in [2.75, 3.05) is 28.8 Å². The van der Waals surface area contributed by atoms with Gasteiger partial charge in [-0.15, -0.1) is 0 Å². The van der Waals surface area contributed by atoms with E-state index in [9.17, 15) is 26.4 Å². The summed E-state index contributed by atoms with van der Waals surface area (Å²) < 4.78 is 64.6. The van der Waals surface area contributed by atoms with Crippen LogP contribution in [0.4, 0.5) is 36.3 Å². The number of rotatable bonds is 6. The highest BCUT2D eigenvalue weighted by molar-refractivity contribution is 7.90. The Kier molecular flexibility index (Phi) is 5.94. The van der Waals surface area contributed by atoms with Crippen molar-refractivity contribution in [1.29, 1.82) is 0 Å². The Morgan fingerprint density at radius 1 is 1.18 bits per heavy atom. The molecule has 4 rings (SSSR count). The van der Waals surface area contributed by atoms with Crippen LogP contribution in [0.5, 0.6) is 0 Å². The van der Waals surface area contributed by atoms with Gasteiger partial charge in [-0.3, -0.25) is 4.79 Å². The summed E-state index contributed by atoms with van der Waals surface area (Å²) in [4.78, 5) is 20.8. The molecule has 2 N–H and O–H groups in total. The summed E-state index contributed by atoms with van der Waals surface area (Å²) in [5.74, 6) is -0.563. The minimum atomic E-state index is -4.70. The number of hydrogen-bond donors (Lipinski definition) is 2. The second-order valence-electron chi connectivity index (χ2n) is 7.93. The summed E-state index contributed by atoms with van der Waals surface area (Å²) in [6.07, 6.45) is -2.73. The number of nitrogens with one attached hydrogen (secondary N) is 2. The lowest BCUT2D eigenvalue weighted by molar-refractivity contribution is -0.137. The largest absolute Gasteiger partial charge is 0.421 e. The van der Waals surface area contributed by atoms with Crippen molar-refractivity contribution in [2.24, 2.45) is 0 Å². The van der Waals surface area contributed by atoms with E-state index in [1.165, 1.54) is 30.1 Å². The van der Waals surface area contributed by atoms with E-state index >= 15 is 0 Å². The molecule has 0 atom stereocenters. The van der Waals surface area contributed by atoms with Crippen molar-refractivity contribution in [2.45, 2.75) is 24.0 Å². The molecule has 0 fully saturated rings. The smallest absolute Gasteiger partial charge is 0.355 e. The molecule has 1 aliphatic heterocycles. The SMILES string of the molecule is CN(Cc1cccc(S(C)(=O)=O)c1)c1nc(Nc2ccc3c(c2)CC(=O)N3)ncc1C(F)(F)F. The number of amides is 1. The summed E-state index contributed by atoms with van der Waals surface area (Å²) in [6, 6.07) is 11.0. The highest BCUT2D eigenvalue weighted by Crippen LogP contribution is 2.36. The molecule has 12 heteroatoms. The van der Waals surface area contributed by atoms with Crippen molar-refractivity contribution in [1.82, 2.24) is 9.97 Å². The summed E-state index contributed by atoms with van der Waals surface area (Å²) in [6.45, 7) is -0.0183. The van der Waals surface area contributed by atoms with Crippen molar-refractivity contribution < 1.29 is 26.4 Å². The first kappa shape index (κ1) is 23.5. The average molecular weight is 491 g/mol. The van der Waals surface area contributed by atoms with Gasteiger partial charge in [-0.1, -0.05) is 12.1 Å². The zero-order valence-electron chi connectivity index (χ0n) is 18.1. The van der Waals surface area contributed by atoms with Crippen LogP contribution in [-0.4, -0.2) is 37.6 Å². The first-order valence-corrected chi connectivity index (χ1v) is 11.9. The van der Waals surface area contributed by atoms with Gasteiger partial charge >= 0.3 is 6.18 Å². The Morgan fingerprint density at radius 2 is 1.94 bits per heavy atom. The summed E-state index contributed by atoms with van der Waals surface area (Å²) in [5.41, 5.74) is 1.43. The second kappa shape index (κ2) is 8.60. The van der Waals surface area contributed by atoms with Gasteiger partial charge in [0, 0.05) is 37.4 Å². The summed E-state index contributed by atoms with van der Waals surface area (Å²) >= 11 is 0. The topological polar surface area (TPSA) is 104 Å². The van der Waals surface area contributed by atoms with Gasteiger partial charge in [0.25, 0.3) is 0 Å². The van der Waals surface area contributed by atoms with Gasteiger partial charge in [-0.05, 0) is 41.5 Å². The minimum absolute atomic E-state index is 0.0183. The second-order valence-corrected chi connectivity index (χ2v) is 9.94. The molecule has 0 bridgehead atoms. The molecule has 0 saturated heterocycles. The molecule has 0 spiro atoms. The molecule has 0 aliphatic carbocycles. The van der Waals surface area contributed by atoms with Gasteiger partial charge < -0.3 is 15.5 Å². The molecule has 8 nitrogen and oxygen atoms in total. The molecular formula is C22H20F3N5O3S. The third kappa shape index (κ3) is 5.11. The maximum atomic E-state index is 13.7. The molecule has 34 heavy (non-hydrogen) atoms. The Hall–Kier alpha value is -3.67. The standard InChI is InChI=1S/C22H20F3N5O3S/c1-30(12-13-4-3-5-16(8-13)34(2,32)33)20-17(22(23,24)25)11-26-21(29-20)27-15-6-7-18-14(9-15)10-19(31)28-18/h3-9,11H,10,12H2,1-2H3,(H,28,31)(H,26,27,29). The molecule has 2 aromatic carbocycles. The lowest BCUT2D eigenvalue weighted by Crippen LogP contribution is -2.23. The normalized spacial score (nSPS) is 13.4. The Labute approximate surface area is 193 Å². The van der Waals surface area contributed by atoms with Crippen molar-refractivity contribution in [3.8, 4) is 0 Å². The fraction of sp³-hybridized carbons (Fsp3) is 0.227. The van der Waals surface area contributed by atoms with E-state index in [4.69, 9.17) is 0 Å². The van der Waals surface area contributed by atoms with Crippen LogP contribution in [0.15, 0.2) is 53.6 Å². The molecule has 1 amide bonds. The van der Waals surface area contributed by atoms with Crippen molar-refractivity contribution >= 4 is 38.9 Å². The van der Waals surface area contributed by atoms with Crippen molar-refractivity contribution in [3.05, 3.63) is 65.4 Å². The molecule has 3 aromatic rings. The number of hydrogen-bond acceptors (Lipinski definition) is 7. The molecule has 0 radical (unpaired) electrons. The number of benzene rings is 2. The van der Waals surface area contributed by atoms with Crippen molar-refractivity contribution in [3.63, 3.8) is 0 Å². The quantitative estimate of drug-likeness (QED) is 0.541. The van der Waals surface area contributed by atoms with E-state index < -0.39 is 21.6 Å². The van der Waals surface area contributed by atoms with Crippen LogP contribution >= 0.6 is 0 Å². The highest BCUT2D eigenvalue weighted by Gasteiger charge is 2.36. The van der Waals surface area contributed by atoms with Gasteiger partial charge in [0.2, 0.25) is 11.9 Å². The van der Waals surface area contributed by atoms with Gasteiger partial charge in [0.05, 0.1) is 11.3 Å². The number of anilines is 4. The predicted molar refractivity (Wildman–Crippen MR) is 121 cm³/mol. The molecule has 1 aromatic heterocycles. The van der Waals surface area contributed by atoms with Gasteiger partial charge in [-0.25, -0.2) is 13.4 Å². The highest BCUT2D eigenvalue weighted by atomic mass is 32.2. The maximum absolute atomic E-state index is 13.7. The number of carbonyl (C=O) groups is 1. The van der Waals surface area contributed by atoms with E-state index in [0.29, 0.717) is 23.1 Å². The van der Waals surface area contributed by atoms with Crippen LogP contribution in [0.1, 0.15) is 16.7 Å². The zero-order chi connectivity index (χ0) is 24.7. The number of fused-ring (bicyclic) bond motifs is 1. The number of halogens is 3. The molecule has 2 heterocycles. The Bertz CT molecular complexity index is 1380. The Morgan fingerprint density at radius 3 is 2.65 bits per heavy atom. The monoisotopic (exact) mass is 491 g/mol.